The molecule has 250 valence electrons. The average molecular weight is 749 g/mol. The van der Waals surface area contributed by atoms with Gasteiger partial charge < -0.3 is 20.4 Å². The third-order valence-electron chi connectivity index (χ3n) is 6.07. The summed E-state index contributed by atoms with van der Waals surface area (Å²) in [5.41, 5.74) is 4.71. The van der Waals surface area contributed by atoms with Crippen molar-refractivity contribution in [2.75, 3.05) is 39.3 Å². The van der Waals surface area contributed by atoms with Crippen LogP contribution in [0, 0.1) is 20.5 Å². The summed E-state index contributed by atoms with van der Waals surface area (Å²) in [5, 5.41) is 18.9. The summed E-state index contributed by atoms with van der Waals surface area (Å²) < 4.78 is 73.8. The molecule has 0 saturated heterocycles. The normalized spacial score (nSPS) is 14.2. The Morgan fingerprint density at radius 1 is 0.702 bits per heavy atom. The van der Waals surface area contributed by atoms with Gasteiger partial charge in [-0.25, -0.2) is 42.3 Å². The maximum Gasteiger partial charge on any atom is 2.00 e. The molecular weight excluding hydrogens is 717 g/mol. The number of fused-ring (bicyclic) bond motifs is 2. The molecule has 0 unspecified atom stereocenters. The fraction of sp³-hybridized carbons (Fsp3) is 0.333. The monoisotopic (exact) mass is 746 g/mol. The minimum atomic E-state index is -4.94. The van der Waals surface area contributed by atoms with E-state index in [-0.39, 0.29) is 19.5 Å². The molecular formula is C27H32Cl2N8O9Zn. The fourth-order valence-corrected chi connectivity index (χ4v) is 4.14. The third-order valence-corrected chi connectivity index (χ3v) is 6.07. The summed E-state index contributed by atoms with van der Waals surface area (Å²) in [4.78, 5) is 11.9. The van der Waals surface area contributed by atoms with Crippen LogP contribution in [0.15, 0.2) is 71.1 Å². The van der Waals surface area contributed by atoms with E-state index >= 15 is 0 Å². The van der Waals surface area contributed by atoms with Crippen LogP contribution in [0.2, 0.25) is 0 Å². The van der Waals surface area contributed by atoms with E-state index in [1.807, 2.05) is 48.5 Å². The van der Waals surface area contributed by atoms with Crippen LogP contribution in [0.4, 0.5) is 0 Å². The molecule has 3 aromatic heterocycles. The molecule has 0 spiro atoms. The molecule has 17 nitrogen and oxygen atoms in total. The molecule has 1 aliphatic rings. The van der Waals surface area contributed by atoms with Gasteiger partial charge in [-0.1, -0.05) is 30.3 Å². The van der Waals surface area contributed by atoms with E-state index in [0.717, 1.165) is 75.0 Å². The number of rotatable bonds is 7. The van der Waals surface area contributed by atoms with E-state index in [4.69, 9.17) is 46.7 Å². The number of aromatic nitrogens is 4. The number of hydrogen-bond donors (Lipinski definition) is 3. The number of halogens is 2. The molecule has 1 aliphatic heterocycles. The Bertz CT molecular complexity index is 1400. The van der Waals surface area contributed by atoms with Crippen LogP contribution in [-0.2, 0) is 39.1 Å². The van der Waals surface area contributed by atoms with Crippen molar-refractivity contribution < 1.29 is 81.7 Å². The Hall–Kier alpha value is -2.62. The molecule has 0 radical (unpaired) electrons. The van der Waals surface area contributed by atoms with Gasteiger partial charge in [0.1, 0.15) is 5.69 Å². The molecule has 0 fully saturated rings. The summed E-state index contributed by atoms with van der Waals surface area (Å²) in [6.07, 6.45) is 0. The third kappa shape index (κ3) is 18.5. The molecule has 5 rings (SSSR count). The van der Waals surface area contributed by atoms with Gasteiger partial charge in [-0.2, -0.15) is 0 Å². The quantitative estimate of drug-likeness (QED) is 0.117. The van der Waals surface area contributed by atoms with E-state index in [9.17, 15) is 0 Å². The van der Waals surface area contributed by atoms with Gasteiger partial charge >= 0.3 is 19.5 Å². The van der Waals surface area contributed by atoms with Gasteiger partial charge in [0.25, 0.3) is 5.89 Å². The number of hydrogen-bond acceptors (Lipinski definition) is 17. The molecule has 20 heteroatoms. The summed E-state index contributed by atoms with van der Waals surface area (Å²) in [6.45, 7) is 7.99. The van der Waals surface area contributed by atoms with Crippen LogP contribution in [0.25, 0.3) is 23.0 Å². The van der Waals surface area contributed by atoms with Crippen molar-refractivity contribution in [1.29, 1.82) is 0 Å². The summed E-state index contributed by atoms with van der Waals surface area (Å²) >= 11 is 0. The van der Waals surface area contributed by atoms with E-state index in [1.54, 1.807) is 0 Å². The predicted octanol–water partition coefficient (Wildman–Crippen LogP) is -7.04. The second kappa shape index (κ2) is 20.7. The van der Waals surface area contributed by atoms with Gasteiger partial charge in [0, 0.05) is 64.5 Å². The van der Waals surface area contributed by atoms with Gasteiger partial charge in [-0.05, 0) is 36.4 Å². The fourth-order valence-electron chi connectivity index (χ4n) is 4.14. The number of pyridine rings is 2. The summed E-state index contributed by atoms with van der Waals surface area (Å²) in [5.74, 6) is 0.923. The van der Waals surface area contributed by atoms with Crippen molar-refractivity contribution in [2.24, 2.45) is 0 Å². The first-order valence-electron chi connectivity index (χ1n) is 13.7. The van der Waals surface area contributed by atoms with Crippen molar-refractivity contribution in [2.45, 2.75) is 19.6 Å². The number of nitrogens with one attached hydrogen (secondary N) is 3. The molecule has 1 aromatic carbocycles. The van der Waals surface area contributed by atoms with Crippen LogP contribution in [0.1, 0.15) is 17.1 Å². The second-order valence-electron chi connectivity index (χ2n) is 9.54. The van der Waals surface area contributed by atoms with Gasteiger partial charge in [-0.3, -0.25) is 9.88 Å². The first-order chi connectivity index (χ1) is 21.8. The molecule has 2 bridgehead atoms. The van der Waals surface area contributed by atoms with Gasteiger partial charge in [-0.15, -0.1) is 30.7 Å². The standard InChI is InChI=1S/C27H32N8O.2ClHO4.Zn/c1-2-6-21(7-3-1)26-33-34-27(36-26)25-11-5-10-24(32-25)20-30-14-17-35-15-12-28-18-22-8-4-9-23(31-22)19-29-13-16-35;2*2-1(3,4)5;/h1-11,28-30H,12-20H2;2*(H,2,3,4,5);/q;;;+2/p-2. The Morgan fingerprint density at radius 2 is 1.26 bits per heavy atom. The van der Waals surface area contributed by atoms with Crippen molar-refractivity contribution in [1.82, 2.24) is 41.0 Å². The Kier molecular flexibility index (Phi) is 17.8. The molecule has 3 N–H and O–H groups in total. The number of benzene rings is 1. The van der Waals surface area contributed by atoms with Crippen LogP contribution < -0.4 is 53.2 Å². The zero-order valence-electron chi connectivity index (χ0n) is 25.1. The van der Waals surface area contributed by atoms with E-state index < -0.39 is 20.5 Å². The van der Waals surface area contributed by atoms with E-state index in [1.165, 1.54) is 0 Å². The van der Waals surface area contributed by atoms with Gasteiger partial charge in [0.05, 0.1) is 17.1 Å². The molecule has 0 saturated carbocycles. The molecule has 47 heavy (non-hydrogen) atoms. The second-order valence-corrected chi connectivity index (χ2v) is 11.1. The molecule has 0 aliphatic carbocycles. The topological polar surface area (TPSA) is 289 Å². The number of nitrogens with zero attached hydrogens (tertiary/aromatic N) is 5. The SMILES string of the molecule is [O-][Cl+3]([O-])([O-])[O-].[O-][Cl+3]([O-])([O-])[O-].[Zn+2].c1ccc(-c2nnc(-c3cccc(CNCCN4CCNCc5cccc(n5)CNCC4)n3)o2)cc1. The van der Waals surface area contributed by atoms with Crippen LogP contribution in [0.5, 0.6) is 0 Å². The zero-order chi connectivity index (χ0) is 33.4. The first-order valence-corrected chi connectivity index (χ1v) is 16.2. The first kappa shape index (κ1) is 40.6. The Balaban J connectivity index is 0.000000612. The van der Waals surface area contributed by atoms with Crippen molar-refractivity contribution >= 4 is 0 Å². The summed E-state index contributed by atoms with van der Waals surface area (Å²) in [7, 11) is -9.89. The van der Waals surface area contributed by atoms with Crippen LogP contribution in [-0.4, -0.2) is 64.3 Å². The Labute approximate surface area is 287 Å². The molecule has 0 amide bonds. The largest absolute Gasteiger partial charge is 2.00 e. The van der Waals surface area contributed by atoms with Crippen molar-refractivity contribution in [3.63, 3.8) is 0 Å². The molecule has 4 aromatic rings. The maximum atomic E-state index is 8.49. The van der Waals surface area contributed by atoms with Gasteiger partial charge in [0.15, 0.2) is 0 Å². The van der Waals surface area contributed by atoms with E-state index in [0.29, 0.717) is 24.0 Å². The minimum Gasteiger partial charge on any atom is -0.415 e. The summed E-state index contributed by atoms with van der Waals surface area (Å²) in [6, 6.07) is 21.9. The maximum absolute atomic E-state index is 8.49. The van der Waals surface area contributed by atoms with Crippen molar-refractivity contribution in [3.05, 3.63) is 83.8 Å². The smallest absolute Gasteiger partial charge is 0.415 e. The molecule has 0 atom stereocenters. The van der Waals surface area contributed by atoms with E-state index in [2.05, 4.69) is 54.2 Å². The molecule has 4 heterocycles. The Morgan fingerprint density at radius 3 is 1.85 bits per heavy atom. The van der Waals surface area contributed by atoms with Crippen LogP contribution >= 0.6 is 0 Å². The zero-order valence-corrected chi connectivity index (χ0v) is 29.6. The predicted molar refractivity (Wildman–Crippen MR) is 139 cm³/mol. The average Bonchev–Trinajstić information content (AvgIpc) is 3.49. The van der Waals surface area contributed by atoms with Crippen LogP contribution in [0.3, 0.4) is 0 Å². The van der Waals surface area contributed by atoms with Crippen molar-refractivity contribution in [3.8, 4) is 23.0 Å². The van der Waals surface area contributed by atoms with Gasteiger partial charge in [0.2, 0.25) is 5.89 Å². The minimum absolute atomic E-state index is 0.